The van der Waals surface area contributed by atoms with Crippen molar-refractivity contribution in [2.45, 2.75) is 32.8 Å². The summed E-state index contributed by atoms with van der Waals surface area (Å²) in [6.07, 6.45) is 1.44. The fraction of sp³-hybridized carbons (Fsp3) is 0.462. The van der Waals surface area contributed by atoms with Crippen LogP contribution in [0.25, 0.3) is 0 Å². The smallest absolute Gasteiger partial charge is 0.191 e. The number of hydrogen-bond acceptors (Lipinski definition) is 2. The minimum atomic E-state index is -0.294. The number of aryl methyl sites for hydroxylation is 1. The maximum atomic E-state index is 12.0. The first kappa shape index (κ1) is 11.9. The molecule has 0 aliphatic rings. The van der Waals surface area contributed by atoms with Gasteiger partial charge in [-0.25, -0.2) is 0 Å². The van der Waals surface area contributed by atoms with Crippen LogP contribution in [0.4, 0.5) is 0 Å². The van der Waals surface area contributed by atoms with Crippen molar-refractivity contribution in [2.24, 2.45) is 0 Å². The zero-order valence-electron chi connectivity index (χ0n) is 9.62. The Hall–Kier alpha value is -1.15. The molecule has 0 radical (unpaired) electrons. The molecule has 0 aliphatic heterocycles. The van der Waals surface area contributed by atoms with Crippen molar-refractivity contribution >= 4 is 5.78 Å². The van der Waals surface area contributed by atoms with Crippen LogP contribution in [0.15, 0.2) is 24.3 Å². The number of Topliss-reactive ketones (excluding diaryl/α,β-unsaturated/α-hetero) is 1. The van der Waals surface area contributed by atoms with Gasteiger partial charge in [0.15, 0.2) is 5.78 Å². The summed E-state index contributed by atoms with van der Waals surface area (Å²) in [5, 5.41) is 0. The Kier molecular flexibility index (Phi) is 4.50. The molecule has 0 spiro atoms. The fourth-order valence-corrected chi connectivity index (χ4v) is 1.52. The molecule has 0 N–H and O–H groups in total. The van der Waals surface area contributed by atoms with Crippen molar-refractivity contribution in [3.8, 4) is 0 Å². The van der Waals surface area contributed by atoms with E-state index in [2.05, 4.69) is 6.92 Å². The van der Waals surface area contributed by atoms with Gasteiger partial charge in [0.05, 0.1) is 0 Å². The Balaban J connectivity index is 2.78. The Labute approximate surface area is 91.3 Å². The van der Waals surface area contributed by atoms with Gasteiger partial charge < -0.3 is 4.74 Å². The molecule has 2 nitrogen and oxygen atoms in total. The van der Waals surface area contributed by atoms with E-state index < -0.39 is 0 Å². The third-order valence-corrected chi connectivity index (χ3v) is 2.46. The van der Waals surface area contributed by atoms with E-state index in [1.807, 2.05) is 31.2 Å². The van der Waals surface area contributed by atoms with Crippen LogP contribution in [-0.4, -0.2) is 19.0 Å². The van der Waals surface area contributed by atoms with Gasteiger partial charge in [-0.05, 0) is 13.3 Å². The molecule has 0 bridgehead atoms. The molecule has 2 heteroatoms. The van der Waals surface area contributed by atoms with Crippen molar-refractivity contribution in [1.82, 2.24) is 0 Å². The number of hydrogen-bond donors (Lipinski definition) is 0. The standard InChI is InChI=1S/C13H18O2/c1-4-5-12(15-3)13(14)11-8-6-10(2)7-9-11/h6-9,12H,4-5H2,1-3H3. The van der Waals surface area contributed by atoms with Crippen LogP contribution in [0.2, 0.25) is 0 Å². The molecule has 1 aromatic carbocycles. The molecule has 1 unspecified atom stereocenters. The van der Waals surface area contributed by atoms with Gasteiger partial charge in [0, 0.05) is 12.7 Å². The molecular weight excluding hydrogens is 188 g/mol. The van der Waals surface area contributed by atoms with E-state index in [1.165, 1.54) is 0 Å². The summed E-state index contributed by atoms with van der Waals surface area (Å²) in [4.78, 5) is 12.0. The van der Waals surface area contributed by atoms with E-state index in [1.54, 1.807) is 7.11 Å². The predicted molar refractivity (Wildman–Crippen MR) is 61.2 cm³/mol. The van der Waals surface area contributed by atoms with Crippen LogP contribution in [-0.2, 0) is 4.74 Å². The van der Waals surface area contributed by atoms with E-state index in [4.69, 9.17) is 4.74 Å². The molecule has 1 rings (SSSR count). The first-order valence-corrected chi connectivity index (χ1v) is 5.32. The topological polar surface area (TPSA) is 26.3 Å². The Bertz CT molecular complexity index is 314. The van der Waals surface area contributed by atoms with Crippen LogP contribution in [0.1, 0.15) is 35.7 Å². The van der Waals surface area contributed by atoms with Gasteiger partial charge in [-0.3, -0.25) is 4.79 Å². The highest BCUT2D eigenvalue weighted by Gasteiger charge is 2.17. The Morgan fingerprint density at radius 2 is 1.93 bits per heavy atom. The van der Waals surface area contributed by atoms with Gasteiger partial charge in [0.25, 0.3) is 0 Å². The summed E-state index contributed by atoms with van der Waals surface area (Å²) in [5.74, 6) is 0.0827. The number of carbonyl (C=O) groups is 1. The van der Waals surface area contributed by atoms with Gasteiger partial charge in [0.2, 0.25) is 0 Å². The lowest BCUT2D eigenvalue weighted by molar-refractivity contribution is 0.0579. The summed E-state index contributed by atoms with van der Waals surface area (Å²) in [6.45, 7) is 4.06. The largest absolute Gasteiger partial charge is 0.373 e. The normalized spacial score (nSPS) is 12.5. The second-order valence-corrected chi connectivity index (χ2v) is 3.74. The number of methoxy groups -OCH3 is 1. The number of benzene rings is 1. The van der Waals surface area contributed by atoms with Gasteiger partial charge in [-0.15, -0.1) is 0 Å². The Morgan fingerprint density at radius 3 is 2.40 bits per heavy atom. The minimum Gasteiger partial charge on any atom is -0.373 e. The third kappa shape index (κ3) is 3.17. The molecule has 0 saturated carbocycles. The SMILES string of the molecule is CCCC(OC)C(=O)c1ccc(C)cc1. The highest BCUT2D eigenvalue weighted by atomic mass is 16.5. The second-order valence-electron chi connectivity index (χ2n) is 3.74. The molecule has 1 atom stereocenters. The average molecular weight is 206 g/mol. The molecule has 82 valence electrons. The van der Waals surface area contributed by atoms with Crippen LogP contribution < -0.4 is 0 Å². The molecule has 1 aromatic rings. The van der Waals surface area contributed by atoms with Crippen LogP contribution in [0, 0.1) is 6.92 Å². The number of rotatable bonds is 5. The van der Waals surface area contributed by atoms with E-state index in [9.17, 15) is 4.79 Å². The van der Waals surface area contributed by atoms with Crippen molar-refractivity contribution in [2.75, 3.05) is 7.11 Å². The molecule has 0 aliphatic carbocycles. The molecule has 0 heterocycles. The van der Waals surface area contributed by atoms with E-state index in [0.717, 1.165) is 24.0 Å². The monoisotopic (exact) mass is 206 g/mol. The predicted octanol–water partition coefficient (Wildman–Crippen LogP) is 2.99. The first-order valence-electron chi connectivity index (χ1n) is 5.32. The highest BCUT2D eigenvalue weighted by Crippen LogP contribution is 2.11. The number of ether oxygens (including phenoxy) is 1. The lowest BCUT2D eigenvalue weighted by Gasteiger charge is -2.12. The maximum absolute atomic E-state index is 12.0. The van der Waals surface area contributed by atoms with Crippen molar-refractivity contribution in [1.29, 1.82) is 0 Å². The summed E-state index contributed by atoms with van der Waals surface area (Å²) >= 11 is 0. The summed E-state index contributed by atoms with van der Waals surface area (Å²) in [7, 11) is 1.59. The first-order chi connectivity index (χ1) is 7.19. The van der Waals surface area contributed by atoms with E-state index >= 15 is 0 Å². The van der Waals surface area contributed by atoms with E-state index in [0.29, 0.717) is 0 Å². The molecule has 0 amide bonds. The third-order valence-electron chi connectivity index (χ3n) is 2.46. The average Bonchev–Trinajstić information content (AvgIpc) is 2.26. The van der Waals surface area contributed by atoms with Crippen LogP contribution in [0.3, 0.4) is 0 Å². The summed E-state index contributed by atoms with van der Waals surface area (Å²) < 4.78 is 5.19. The minimum absolute atomic E-state index is 0.0827. The van der Waals surface area contributed by atoms with Crippen molar-refractivity contribution in [3.05, 3.63) is 35.4 Å². The lowest BCUT2D eigenvalue weighted by Crippen LogP contribution is -2.22. The number of carbonyl (C=O) groups excluding carboxylic acids is 1. The molecule has 15 heavy (non-hydrogen) atoms. The number of ketones is 1. The Morgan fingerprint density at radius 1 is 1.33 bits per heavy atom. The van der Waals surface area contributed by atoms with Gasteiger partial charge in [-0.2, -0.15) is 0 Å². The molecule has 0 saturated heterocycles. The lowest BCUT2D eigenvalue weighted by atomic mass is 10.0. The molecule has 0 fully saturated rings. The van der Waals surface area contributed by atoms with Gasteiger partial charge in [0.1, 0.15) is 6.10 Å². The van der Waals surface area contributed by atoms with Crippen molar-refractivity contribution < 1.29 is 9.53 Å². The molecular formula is C13H18O2. The van der Waals surface area contributed by atoms with E-state index in [-0.39, 0.29) is 11.9 Å². The summed E-state index contributed by atoms with van der Waals surface area (Å²) in [6, 6.07) is 7.62. The fourth-order valence-electron chi connectivity index (χ4n) is 1.52. The zero-order chi connectivity index (χ0) is 11.3. The maximum Gasteiger partial charge on any atom is 0.191 e. The summed E-state index contributed by atoms with van der Waals surface area (Å²) in [5.41, 5.74) is 1.90. The second kappa shape index (κ2) is 5.66. The van der Waals surface area contributed by atoms with Crippen molar-refractivity contribution in [3.63, 3.8) is 0 Å². The zero-order valence-corrected chi connectivity index (χ0v) is 9.62. The quantitative estimate of drug-likeness (QED) is 0.692. The highest BCUT2D eigenvalue weighted by molar-refractivity contribution is 5.99. The molecule has 0 aromatic heterocycles. The van der Waals surface area contributed by atoms with Crippen LogP contribution in [0.5, 0.6) is 0 Å². The van der Waals surface area contributed by atoms with Gasteiger partial charge in [-0.1, -0.05) is 43.2 Å². The van der Waals surface area contributed by atoms with Gasteiger partial charge >= 0.3 is 0 Å². The van der Waals surface area contributed by atoms with Crippen LogP contribution >= 0.6 is 0 Å².